The zero-order valence-electron chi connectivity index (χ0n) is 12.9. The van der Waals surface area contributed by atoms with E-state index in [-0.39, 0.29) is 6.04 Å². The number of ether oxygens (including phenoxy) is 2. The molecule has 0 amide bonds. The van der Waals surface area contributed by atoms with Gasteiger partial charge in [0.1, 0.15) is 11.5 Å². The topological polar surface area (TPSA) is 56.5 Å². The van der Waals surface area contributed by atoms with Gasteiger partial charge in [-0.2, -0.15) is 0 Å². The van der Waals surface area contributed by atoms with Crippen LogP contribution >= 0.6 is 0 Å². The van der Waals surface area contributed by atoms with Crippen molar-refractivity contribution in [2.24, 2.45) is 5.84 Å². The standard InChI is InChI=1S/C17H22N2O2/c1-11-5-12(2)7-13(6-11)17(19-18)14-8-15(20-3)10-16(9-14)21-4/h5-10,17,19H,18H2,1-4H3. The summed E-state index contributed by atoms with van der Waals surface area (Å²) < 4.78 is 10.7. The average Bonchev–Trinajstić information content (AvgIpc) is 2.46. The highest BCUT2D eigenvalue weighted by Gasteiger charge is 2.15. The van der Waals surface area contributed by atoms with Crippen molar-refractivity contribution in [3.05, 3.63) is 58.7 Å². The first-order valence-electron chi connectivity index (χ1n) is 6.84. The number of aryl methyl sites for hydroxylation is 2. The Hall–Kier alpha value is -2.04. The van der Waals surface area contributed by atoms with Crippen LogP contribution in [0.15, 0.2) is 36.4 Å². The first kappa shape index (κ1) is 15.4. The summed E-state index contributed by atoms with van der Waals surface area (Å²) in [4.78, 5) is 0. The maximum absolute atomic E-state index is 5.79. The van der Waals surface area contributed by atoms with E-state index in [4.69, 9.17) is 15.3 Å². The van der Waals surface area contributed by atoms with E-state index in [1.807, 2.05) is 18.2 Å². The smallest absolute Gasteiger partial charge is 0.122 e. The molecular weight excluding hydrogens is 264 g/mol. The molecule has 0 radical (unpaired) electrons. The molecule has 0 spiro atoms. The van der Waals surface area contributed by atoms with Crippen LogP contribution in [0.25, 0.3) is 0 Å². The Labute approximate surface area is 125 Å². The van der Waals surface area contributed by atoms with Gasteiger partial charge in [-0.1, -0.05) is 29.3 Å². The van der Waals surface area contributed by atoms with Crippen LogP contribution in [-0.4, -0.2) is 14.2 Å². The molecule has 2 aromatic carbocycles. The second-order valence-corrected chi connectivity index (χ2v) is 5.17. The van der Waals surface area contributed by atoms with Crippen molar-refractivity contribution < 1.29 is 9.47 Å². The second kappa shape index (κ2) is 6.61. The fraction of sp³-hybridized carbons (Fsp3) is 0.294. The Morgan fingerprint density at radius 3 is 1.71 bits per heavy atom. The van der Waals surface area contributed by atoms with Crippen molar-refractivity contribution in [2.75, 3.05) is 14.2 Å². The maximum Gasteiger partial charge on any atom is 0.122 e. The van der Waals surface area contributed by atoms with Gasteiger partial charge in [0, 0.05) is 6.07 Å². The van der Waals surface area contributed by atoms with E-state index in [0.717, 1.165) is 22.6 Å². The van der Waals surface area contributed by atoms with Gasteiger partial charge in [-0.15, -0.1) is 0 Å². The van der Waals surface area contributed by atoms with Gasteiger partial charge in [-0.05, 0) is 37.1 Å². The molecule has 0 heterocycles. The van der Waals surface area contributed by atoms with Crippen LogP contribution < -0.4 is 20.7 Å². The Bertz CT molecular complexity index is 584. The lowest BCUT2D eigenvalue weighted by Gasteiger charge is -2.19. The third kappa shape index (κ3) is 3.54. The molecule has 0 fully saturated rings. The van der Waals surface area contributed by atoms with Crippen LogP contribution in [0.1, 0.15) is 28.3 Å². The second-order valence-electron chi connectivity index (χ2n) is 5.17. The molecule has 0 saturated carbocycles. The van der Waals surface area contributed by atoms with Gasteiger partial charge in [0.25, 0.3) is 0 Å². The number of rotatable bonds is 5. The van der Waals surface area contributed by atoms with Gasteiger partial charge in [0.2, 0.25) is 0 Å². The van der Waals surface area contributed by atoms with Crippen molar-refractivity contribution in [2.45, 2.75) is 19.9 Å². The summed E-state index contributed by atoms with van der Waals surface area (Å²) >= 11 is 0. The van der Waals surface area contributed by atoms with Crippen LogP contribution in [0.4, 0.5) is 0 Å². The average molecular weight is 286 g/mol. The number of hydrogen-bond donors (Lipinski definition) is 2. The Morgan fingerprint density at radius 2 is 1.29 bits per heavy atom. The zero-order valence-corrected chi connectivity index (χ0v) is 12.9. The number of nitrogens with one attached hydrogen (secondary N) is 1. The van der Waals surface area contributed by atoms with E-state index in [9.17, 15) is 0 Å². The molecule has 0 aliphatic heterocycles. The molecule has 3 N–H and O–H groups in total. The van der Waals surface area contributed by atoms with Crippen LogP contribution in [-0.2, 0) is 0 Å². The summed E-state index contributed by atoms with van der Waals surface area (Å²) in [6, 6.07) is 12.1. The lowest BCUT2D eigenvalue weighted by Crippen LogP contribution is -2.29. The lowest BCUT2D eigenvalue weighted by atomic mass is 9.96. The number of hydrazine groups is 1. The zero-order chi connectivity index (χ0) is 15.4. The minimum atomic E-state index is -0.118. The SMILES string of the molecule is COc1cc(OC)cc(C(NN)c2cc(C)cc(C)c2)c1. The molecule has 4 heteroatoms. The normalized spacial score (nSPS) is 12.0. The predicted molar refractivity (Wildman–Crippen MR) is 84.6 cm³/mol. The summed E-state index contributed by atoms with van der Waals surface area (Å²) in [5, 5.41) is 0. The van der Waals surface area contributed by atoms with Crippen molar-refractivity contribution in [1.29, 1.82) is 0 Å². The van der Waals surface area contributed by atoms with E-state index in [1.165, 1.54) is 11.1 Å². The maximum atomic E-state index is 5.79. The number of nitrogens with two attached hydrogens (primary N) is 1. The van der Waals surface area contributed by atoms with E-state index < -0.39 is 0 Å². The first-order valence-corrected chi connectivity index (χ1v) is 6.84. The fourth-order valence-corrected chi connectivity index (χ4v) is 2.56. The van der Waals surface area contributed by atoms with Gasteiger partial charge in [0.05, 0.1) is 20.3 Å². The monoisotopic (exact) mass is 286 g/mol. The molecule has 112 valence electrons. The molecular formula is C17H22N2O2. The Kier molecular flexibility index (Phi) is 4.83. The van der Waals surface area contributed by atoms with E-state index >= 15 is 0 Å². The third-order valence-electron chi connectivity index (χ3n) is 3.45. The van der Waals surface area contributed by atoms with E-state index in [1.54, 1.807) is 14.2 Å². The van der Waals surface area contributed by atoms with Gasteiger partial charge in [0.15, 0.2) is 0 Å². The van der Waals surface area contributed by atoms with Crippen LogP contribution in [0, 0.1) is 13.8 Å². The summed E-state index contributed by atoms with van der Waals surface area (Å²) in [6.07, 6.45) is 0. The number of methoxy groups -OCH3 is 2. The summed E-state index contributed by atoms with van der Waals surface area (Å²) in [5.74, 6) is 7.28. The molecule has 21 heavy (non-hydrogen) atoms. The van der Waals surface area contributed by atoms with E-state index in [2.05, 4.69) is 37.5 Å². The molecule has 0 aliphatic rings. The highest BCUT2D eigenvalue weighted by Crippen LogP contribution is 2.30. The molecule has 0 aromatic heterocycles. The molecule has 0 saturated heterocycles. The van der Waals surface area contributed by atoms with Crippen LogP contribution in [0.5, 0.6) is 11.5 Å². The van der Waals surface area contributed by atoms with Crippen LogP contribution in [0.3, 0.4) is 0 Å². The largest absolute Gasteiger partial charge is 0.497 e. The minimum absolute atomic E-state index is 0.118. The molecule has 1 atom stereocenters. The first-order chi connectivity index (χ1) is 10.1. The van der Waals surface area contributed by atoms with Crippen LogP contribution in [0.2, 0.25) is 0 Å². The minimum Gasteiger partial charge on any atom is -0.497 e. The Balaban J connectivity index is 2.49. The van der Waals surface area contributed by atoms with Crippen molar-refractivity contribution >= 4 is 0 Å². The predicted octanol–water partition coefficient (Wildman–Crippen LogP) is 2.87. The van der Waals surface area contributed by atoms with E-state index in [0.29, 0.717) is 0 Å². The summed E-state index contributed by atoms with van der Waals surface area (Å²) in [5.41, 5.74) is 7.41. The van der Waals surface area contributed by atoms with Crippen molar-refractivity contribution in [3.8, 4) is 11.5 Å². The van der Waals surface area contributed by atoms with Gasteiger partial charge >= 0.3 is 0 Å². The number of benzene rings is 2. The summed E-state index contributed by atoms with van der Waals surface area (Å²) in [6.45, 7) is 4.16. The summed E-state index contributed by atoms with van der Waals surface area (Å²) in [7, 11) is 3.28. The lowest BCUT2D eigenvalue weighted by molar-refractivity contribution is 0.392. The molecule has 1 unspecified atom stereocenters. The van der Waals surface area contributed by atoms with Crippen molar-refractivity contribution in [1.82, 2.24) is 5.43 Å². The van der Waals surface area contributed by atoms with Gasteiger partial charge in [-0.3, -0.25) is 5.84 Å². The number of hydrogen-bond acceptors (Lipinski definition) is 4. The van der Waals surface area contributed by atoms with Gasteiger partial charge in [-0.25, -0.2) is 5.43 Å². The molecule has 0 bridgehead atoms. The quantitative estimate of drug-likeness (QED) is 0.655. The molecule has 0 aliphatic carbocycles. The van der Waals surface area contributed by atoms with Gasteiger partial charge < -0.3 is 9.47 Å². The highest BCUT2D eigenvalue weighted by atomic mass is 16.5. The highest BCUT2D eigenvalue weighted by molar-refractivity contribution is 5.44. The Morgan fingerprint density at radius 1 is 0.810 bits per heavy atom. The molecule has 4 nitrogen and oxygen atoms in total. The third-order valence-corrected chi connectivity index (χ3v) is 3.45. The molecule has 2 aromatic rings. The fourth-order valence-electron chi connectivity index (χ4n) is 2.56. The van der Waals surface area contributed by atoms with Crippen molar-refractivity contribution in [3.63, 3.8) is 0 Å². The molecule has 2 rings (SSSR count).